The van der Waals surface area contributed by atoms with Gasteiger partial charge in [-0.25, -0.2) is 4.79 Å². The minimum atomic E-state index is 0.286. The third-order valence-electron chi connectivity index (χ3n) is 4.23. The molecule has 19 heavy (non-hydrogen) atoms. The summed E-state index contributed by atoms with van der Waals surface area (Å²) in [6.45, 7) is 9.22. The topological polar surface area (TPSA) is 35.6 Å². The Hall–Kier alpha value is -0.770. The molecule has 0 saturated carbocycles. The molecule has 0 aromatic rings. The molecule has 110 valence electrons. The van der Waals surface area contributed by atoms with Crippen LogP contribution in [0.4, 0.5) is 4.79 Å². The van der Waals surface area contributed by atoms with Crippen molar-refractivity contribution in [2.24, 2.45) is 5.92 Å². The van der Waals surface area contributed by atoms with Gasteiger partial charge >= 0.3 is 6.03 Å². The molecule has 0 aromatic carbocycles. The minimum Gasteiger partial charge on any atom is -0.325 e. The summed E-state index contributed by atoms with van der Waals surface area (Å²) in [5.41, 5.74) is 0. The maximum absolute atomic E-state index is 12.5. The van der Waals surface area contributed by atoms with Crippen molar-refractivity contribution in [3.63, 3.8) is 0 Å². The van der Waals surface area contributed by atoms with Crippen molar-refractivity contribution >= 4 is 6.03 Å². The van der Waals surface area contributed by atoms with E-state index in [1.165, 1.54) is 25.7 Å². The first-order valence-electron chi connectivity index (χ1n) is 7.94. The van der Waals surface area contributed by atoms with Gasteiger partial charge in [0.1, 0.15) is 0 Å². The summed E-state index contributed by atoms with van der Waals surface area (Å²) in [6.07, 6.45) is 6.05. The normalized spacial score (nSPS) is 24.9. The fourth-order valence-electron chi connectivity index (χ4n) is 3.09. The van der Waals surface area contributed by atoms with Crippen molar-refractivity contribution < 1.29 is 4.79 Å². The second kappa shape index (κ2) is 7.13. The summed E-state index contributed by atoms with van der Waals surface area (Å²) in [6, 6.07) is 0.821. The van der Waals surface area contributed by atoms with E-state index in [9.17, 15) is 4.79 Å². The lowest BCUT2D eigenvalue weighted by Gasteiger charge is -2.38. The van der Waals surface area contributed by atoms with Crippen molar-refractivity contribution in [2.45, 2.75) is 52.0 Å². The molecule has 2 saturated heterocycles. The first-order valence-corrected chi connectivity index (χ1v) is 7.94. The third kappa shape index (κ3) is 4.37. The van der Waals surface area contributed by atoms with E-state index in [1.54, 1.807) is 0 Å². The van der Waals surface area contributed by atoms with Gasteiger partial charge in [0.05, 0.1) is 0 Å². The summed E-state index contributed by atoms with van der Waals surface area (Å²) < 4.78 is 0. The number of piperidine rings is 2. The average Bonchev–Trinajstić information content (AvgIpc) is 2.45. The Bertz CT molecular complexity index is 287. The monoisotopic (exact) mass is 267 g/mol. The van der Waals surface area contributed by atoms with Gasteiger partial charge in [-0.2, -0.15) is 0 Å². The van der Waals surface area contributed by atoms with Gasteiger partial charge in [0.25, 0.3) is 0 Å². The number of rotatable bonds is 3. The van der Waals surface area contributed by atoms with E-state index < -0.39 is 0 Å². The number of nitrogens with one attached hydrogen (secondary N) is 1. The van der Waals surface area contributed by atoms with E-state index in [4.69, 9.17) is 0 Å². The molecule has 2 heterocycles. The molecule has 1 unspecified atom stereocenters. The molecule has 0 aliphatic carbocycles. The van der Waals surface area contributed by atoms with Crippen LogP contribution in [0, 0.1) is 5.92 Å². The van der Waals surface area contributed by atoms with Crippen molar-refractivity contribution in [3.8, 4) is 0 Å². The first kappa shape index (κ1) is 14.6. The molecule has 0 bridgehead atoms. The zero-order valence-electron chi connectivity index (χ0n) is 12.5. The van der Waals surface area contributed by atoms with E-state index in [-0.39, 0.29) is 6.03 Å². The standard InChI is InChI=1S/C15H29N3O/c1-13(2)16-11-14-7-6-10-18(12-14)15(19)17-8-4-3-5-9-17/h13-14,16H,3-12H2,1-2H3. The number of nitrogens with zero attached hydrogens (tertiary/aromatic N) is 2. The van der Waals surface area contributed by atoms with Gasteiger partial charge in [0, 0.05) is 32.2 Å². The van der Waals surface area contributed by atoms with Crippen LogP contribution in [-0.2, 0) is 0 Å². The lowest BCUT2D eigenvalue weighted by molar-refractivity contribution is 0.120. The number of carbonyl (C=O) groups excluding carboxylic acids is 1. The lowest BCUT2D eigenvalue weighted by Crippen LogP contribution is -2.50. The Balaban J connectivity index is 1.80. The molecular weight excluding hydrogens is 238 g/mol. The molecule has 2 amide bonds. The zero-order valence-corrected chi connectivity index (χ0v) is 12.5. The Morgan fingerprint density at radius 1 is 1.11 bits per heavy atom. The largest absolute Gasteiger partial charge is 0.325 e. The number of amides is 2. The van der Waals surface area contributed by atoms with Gasteiger partial charge in [-0.05, 0) is 44.6 Å². The maximum Gasteiger partial charge on any atom is 0.320 e. The summed E-state index contributed by atoms with van der Waals surface area (Å²) >= 11 is 0. The maximum atomic E-state index is 12.5. The highest BCUT2D eigenvalue weighted by Crippen LogP contribution is 2.19. The quantitative estimate of drug-likeness (QED) is 0.851. The number of hydrogen-bond donors (Lipinski definition) is 1. The number of carbonyl (C=O) groups is 1. The smallest absolute Gasteiger partial charge is 0.320 e. The fourth-order valence-corrected chi connectivity index (χ4v) is 3.09. The molecule has 2 fully saturated rings. The van der Waals surface area contributed by atoms with Crippen LogP contribution in [0.5, 0.6) is 0 Å². The molecule has 2 aliphatic rings. The van der Waals surface area contributed by atoms with E-state index >= 15 is 0 Å². The van der Waals surface area contributed by atoms with E-state index in [1.807, 2.05) is 0 Å². The predicted octanol–water partition coefficient (Wildman–Crippen LogP) is 2.30. The van der Waals surface area contributed by atoms with Gasteiger partial charge in [0.2, 0.25) is 0 Å². The van der Waals surface area contributed by atoms with Gasteiger partial charge in [-0.3, -0.25) is 0 Å². The van der Waals surface area contributed by atoms with Crippen molar-refractivity contribution in [1.82, 2.24) is 15.1 Å². The highest BCUT2D eigenvalue weighted by Gasteiger charge is 2.27. The van der Waals surface area contributed by atoms with E-state index in [2.05, 4.69) is 29.0 Å². The highest BCUT2D eigenvalue weighted by molar-refractivity contribution is 5.74. The average molecular weight is 267 g/mol. The van der Waals surface area contributed by atoms with Gasteiger partial charge < -0.3 is 15.1 Å². The number of urea groups is 1. The van der Waals surface area contributed by atoms with Crippen LogP contribution in [-0.4, -0.2) is 54.6 Å². The molecular formula is C15H29N3O. The van der Waals surface area contributed by atoms with Crippen molar-refractivity contribution in [3.05, 3.63) is 0 Å². The lowest BCUT2D eigenvalue weighted by atomic mass is 9.98. The Morgan fingerprint density at radius 3 is 2.47 bits per heavy atom. The summed E-state index contributed by atoms with van der Waals surface area (Å²) in [4.78, 5) is 16.6. The molecule has 2 rings (SSSR count). The van der Waals surface area contributed by atoms with E-state index in [0.717, 1.165) is 39.1 Å². The predicted molar refractivity (Wildman–Crippen MR) is 78.3 cm³/mol. The highest BCUT2D eigenvalue weighted by atomic mass is 16.2. The Kier molecular flexibility index (Phi) is 5.49. The third-order valence-corrected chi connectivity index (χ3v) is 4.23. The molecule has 4 heteroatoms. The Morgan fingerprint density at radius 2 is 1.79 bits per heavy atom. The first-order chi connectivity index (χ1) is 9.16. The molecule has 0 aromatic heterocycles. The van der Waals surface area contributed by atoms with Gasteiger partial charge in [0.15, 0.2) is 0 Å². The van der Waals surface area contributed by atoms with Crippen LogP contribution in [0.15, 0.2) is 0 Å². The Labute approximate surface area is 117 Å². The molecule has 1 atom stereocenters. The summed E-state index contributed by atoms with van der Waals surface area (Å²) in [5.74, 6) is 0.630. The minimum absolute atomic E-state index is 0.286. The summed E-state index contributed by atoms with van der Waals surface area (Å²) in [7, 11) is 0. The summed E-state index contributed by atoms with van der Waals surface area (Å²) in [5, 5.41) is 3.50. The number of hydrogen-bond acceptors (Lipinski definition) is 2. The van der Waals surface area contributed by atoms with Gasteiger partial charge in [-0.1, -0.05) is 13.8 Å². The van der Waals surface area contributed by atoms with Crippen molar-refractivity contribution in [1.29, 1.82) is 0 Å². The fraction of sp³-hybridized carbons (Fsp3) is 0.933. The molecule has 1 N–H and O–H groups in total. The van der Waals surface area contributed by atoms with Crippen LogP contribution >= 0.6 is 0 Å². The SMILES string of the molecule is CC(C)NCC1CCCN(C(=O)N2CCCCC2)C1. The molecule has 0 spiro atoms. The molecule has 4 nitrogen and oxygen atoms in total. The molecule has 0 radical (unpaired) electrons. The van der Waals surface area contributed by atoms with Crippen molar-refractivity contribution in [2.75, 3.05) is 32.7 Å². The van der Waals surface area contributed by atoms with Crippen LogP contribution in [0.2, 0.25) is 0 Å². The van der Waals surface area contributed by atoms with Crippen LogP contribution in [0.3, 0.4) is 0 Å². The number of likely N-dealkylation sites (tertiary alicyclic amines) is 2. The van der Waals surface area contributed by atoms with Gasteiger partial charge in [-0.15, -0.1) is 0 Å². The molecule has 2 aliphatic heterocycles. The van der Waals surface area contributed by atoms with Crippen LogP contribution in [0.1, 0.15) is 46.0 Å². The van der Waals surface area contributed by atoms with Crippen LogP contribution in [0.25, 0.3) is 0 Å². The zero-order chi connectivity index (χ0) is 13.7. The van der Waals surface area contributed by atoms with E-state index in [0.29, 0.717) is 12.0 Å². The second-order valence-electron chi connectivity index (χ2n) is 6.35. The van der Waals surface area contributed by atoms with Crippen LogP contribution < -0.4 is 5.32 Å². The second-order valence-corrected chi connectivity index (χ2v) is 6.35.